The Kier molecular flexibility index (Phi) is 9.23. The number of hydrogen-bond donors (Lipinski definition) is 2. The summed E-state index contributed by atoms with van der Waals surface area (Å²) in [5.74, 6) is -2.71. The molecule has 7 nitrogen and oxygen atoms in total. The number of nitrogens with zero attached hydrogens (tertiary/aromatic N) is 1. The van der Waals surface area contributed by atoms with E-state index in [-0.39, 0.29) is 5.41 Å². The molecule has 1 aliphatic rings. The van der Waals surface area contributed by atoms with Gasteiger partial charge in [-0.1, -0.05) is 56.3 Å². The van der Waals surface area contributed by atoms with E-state index < -0.39 is 11.9 Å². The number of hydrogen-bond acceptors (Lipinski definition) is 5. The van der Waals surface area contributed by atoms with Gasteiger partial charge in [0.2, 0.25) is 0 Å². The van der Waals surface area contributed by atoms with Gasteiger partial charge in [-0.05, 0) is 37.1 Å². The van der Waals surface area contributed by atoms with E-state index in [1.54, 1.807) is 0 Å². The van der Waals surface area contributed by atoms with E-state index in [1.165, 1.54) is 11.1 Å². The number of morpholine rings is 1. The normalized spacial score (nSPS) is 18.9. The van der Waals surface area contributed by atoms with Crippen LogP contribution in [0.1, 0.15) is 38.8 Å². The van der Waals surface area contributed by atoms with Crippen LogP contribution in [0.25, 0.3) is 0 Å². The summed E-state index contributed by atoms with van der Waals surface area (Å²) in [5, 5.41) is 14.8. The van der Waals surface area contributed by atoms with Crippen molar-refractivity contribution in [2.24, 2.45) is 0 Å². The first-order valence-corrected chi connectivity index (χ1v) is 10.7. The highest BCUT2D eigenvalue weighted by atomic mass is 16.5. The number of carboxylic acid groups (broad SMARTS) is 2. The Balaban J connectivity index is 0.000000534. The van der Waals surface area contributed by atoms with Gasteiger partial charge in [-0.15, -0.1) is 0 Å². The number of benzene rings is 2. The number of aliphatic carboxylic acids is 2. The summed E-state index contributed by atoms with van der Waals surface area (Å²) >= 11 is 0. The minimum atomic E-state index is -1.82. The predicted molar refractivity (Wildman–Crippen MR) is 122 cm³/mol. The number of rotatable bonds is 6. The molecule has 2 unspecified atom stereocenters. The van der Waals surface area contributed by atoms with Gasteiger partial charge >= 0.3 is 11.9 Å². The van der Waals surface area contributed by atoms with Crippen LogP contribution in [-0.2, 0) is 19.7 Å². The average Bonchev–Trinajstić information content (AvgIpc) is 2.74. The van der Waals surface area contributed by atoms with Crippen molar-refractivity contribution in [3.05, 3.63) is 65.7 Å². The lowest BCUT2D eigenvalue weighted by atomic mass is 9.78. The van der Waals surface area contributed by atoms with Gasteiger partial charge in [-0.3, -0.25) is 4.90 Å². The minimum Gasteiger partial charge on any atom is -0.492 e. The number of carbonyl (C=O) groups is 2. The van der Waals surface area contributed by atoms with Crippen LogP contribution in [0.3, 0.4) is 0 Å². The molecule has 174 valence electrons. The van der Waals surface area contributed by atoms with Crippen molar-refractivity contribution >= 4 is 11.9 Å². The van der Waals surface area contributed by atoms with Crippen LogP contribution in [0.4, 0.5) is 0 Å². The molecule has 0 bridgehead atoms. The minimum absolute atomic E-state index is 0.0140. The standard InChI is InChI=1S/C23H31NO2.C2H2O4/c1-18-16-24(17-19(2)26-18)14-15-25-22-12-10-21(11-13-22)23(3,4)20-8-6-5-7-9-20;3-1(4)2(5)6/h5-13,18-19H,14-17H2,1-4H3;(H,3,4)(H,5,6). The molecule has 1 fully saturated rings. The zero-order valence-electron chi connectivity index (χ0n) is 19.2. The van der Waals surface area contributed by atoms with Gasteiger partial charge in [0.25, 0.3) is 0 Å². The van der Waals surface area contributed by atoms with Crippen molar-refractivity contribution in [3.8, 4) is 5.75 Å². The summed E-state index contributed by atoms with van der Waals surface area (Å²) in [6, 6.07) is 19.2. The van der Waals surface area contributed by atoms with Crippen molar-refractivity contribution in [3.63, 3.8) is 0 Å². The van der Waals surface area contributed by atoms with E-state index in [0.717, 1.165) is 25.4 Å². The molecule has 0 saturated carbocycles. The molecule has 2 aromatic rings. The Labute approximate surface area is 189 Å². The molecule has 1 heterocycles. The maximum atomic E-state index is 9.10. The van der Waals surface area contributed by atoms with Gasteiger partial charge in [0.05, 0.1) is 12.2 Å². The Bertz CT molecular complexity index is 844. The lowest BCUT2D eigenvalue weighted by molar-refractivity contribution is -0.159. The third-order valence-electron chi connectivity index (χ3n) is 5.43. The third kappa shape index (κ3) is 7.66. The lowest BCUT2D eigenvalue weighted by Crippen LogP contribution is -2.46. The van der Waals surface area contributed by atoms with Crippen molar-refractivity contribution in [1.82, 2.24) is 4.90 Å². The van der Waals surface area contributed by atoms with E-state index in [1.807, 2.05) is 0 Å². The molecule has 2 aromatic carbocycles. The smallest absolute Gasteiger partial charge is 0.414 e. The molecule has 1 saturated heterocycles. The summed E-state index contributed by atoms with van der Waals surface area (Å²) in [7, 11) is 0. The van der Waals surface area contributed by atoms with E-state index in [4.69, 9.17) is 29.3 Å². The summed E-state index contributed by atoms with van der Waals surface area (Å²) in [6.45, 7) is 12.4. The van der Waals surface area contributed by atoms with Crippen LogP contribution in [-0.4, -0.2) is 65.5 Å². The van der Waals surface area contributed by atoms with Gasteiger partial charge in [0.1, 0.15) is 12.4 Å². The highest BCUT2D eigenvalue weighted by molar-refractivity contribution is 6.27. The molecule has 32 heavy (non-hydrogen) atoms. The fraction of sp³-hybridized carbons (Fsp3) is 0.440. The Morgan fingerprint density at radius 1 is 0.938 bits per heavy atom. The predicted octanol–water partition coefficient (Wildman–Crippen LogP) is 3.66. The Morgan fingerprint density at radius 3 is 1.94 bits per heavy atom. The Morgan fingerprint density at radius 2 is 1.44 bits per heavy atom. The van der Waals surface area contributed by atoms with E-state index in [9.17, 15) is 0 Å². The summed E-state index contributed by atoms with van der Waals surface area (Å²) < 4.78 is 11.8. The molecule has 2 N–H and O–H groups in total. The highest BCUT2D eigenvalue weighted by Crippen LogP contribution is 2.32. The van der Waals surface area contributed by atoms with Gasteiger partial charge in [0, 0.05) is 25.0 Å². The SMILES string of the molecule is CC1CN(CCOc2ccc(C(C)(C)c3ccccc3)cc2)CC(C)O1.O=C(O)C(=O)O. The Hall–Kier alpha value is -2.90. The maximum absolute atomic E-state index is 9.10. The third-order valence-corrected chi connectivity index (χ3v) is 5.43. The molecule has 0 aromatic heterocycles. The quantitative estimate of drug-likeness (QED) is 0.658. The van der Waals surface area contributed by atoms with E-state index >= 15 is 0 Å². The second-order valence-corrected chi connectivity index (χ2v) is 8.49. The second kappa shape index (κ2) is 11.6. The first kappa shape index (κ1) is 25.4. The molecule has 0 radical (unpaired) electrons. The summed E-state index contributed by atoms with van der Waals surface area (Å²) in [4.78, 5) is 20.6. The fourth-order valence-electron chi connectivity index (χ4n) is 3.75. The van der Waals surface area contributed by atoms with Crippen molar-refractivity contribution < 1.29 is 29.3 Å². The second-order valence-electron chi connectivity index (χ2n) is 8.49. The number of carboxylic acids is 2. The van der Waals surface area contributed by atoms with E-state index in [2.05, 4.69) is 87.2 Å². The van der Waals surface area contributed by atoms with Crippen LogP contribution in [0.2, 0.25) is 0 Å². The van der Waals surface area contributed by atoms with E-state index in [0.29, 0.717) is 18.8 Å². The summed E-state index contributed by atoms with van der Waals surface area (Å²) in [6.07, 6.45) is 0.608. The topological polar surface area (TPSA) is 96.3 Å². The molecule has 0 spiro atoms. The van der Waals surface area contributed by atoms with Crippen LogP contribution in [0.5, 0.6) is 5.75 Å². The maximum Gasteiger partial charge on any atom is 0.414 e. The van der Waals surface area contributed by atoms with Crippen molar-refractivity contribution in [2.75, 3.05) is 26.2 Å². The van der Waals surface area contributed by atoms with Crippen LogP contribution < -0.4 is 4.74 Å². The molecule has 0 aliphatic carbocycles. The average molecular weight is 444 g/mol. The van der Waals surface area contributed by atoms with Gasteiger partial charge in [-0.25, -0.2) is 9.59 Å². The highest BCUT2D eigenvalue weighted by Gasteiger charge is 2.23. The molecular weight excluding hydrogens is 410 g/mol. The van der Waals surface area contributed by atoms with Gasteiger partial charge in [-0.2, -0.15) is 0 Å². The summed E-state index contributed by atoms with van der Waals surface area (Å²) in [5.41, 5.74) is 2.61. The first-order chi connectivity index (χ1) is 15.1. The van der Waals surface area contributed by atoms with Crippen LogP contribution in [0.15, 0.2) is 54.6 Å². The van der Waals surface area contributed by atoms with Gasteiger partial charge in [0.15, 0.2) is 0 Å². The monoisotopic (exact) mass is 443 g/mol. The largest absolute Gasteiger partial charge is 0.492 e. The van der Waals surface area contributed by atoms with Crippen LogP contribution >= 0.6 is 0 Å². The molecule has 7 heteroatoms. The van der Waals surface area contributed by atoms with Gasteiger partial charge < -0.3 is 19.7 Å². The van der Waals surface area contributed by atoms with Crippen molar-refractivity contribution in [2.45, 2.75) is 45.3 Å². The lowest BCUT2D eigenvalue weighted by Gasteiger charge is -2.35. The molecule has 1 aliphatic heterocycles. The zero-order valence-corrected chi connectivity index (χ0v) is 19.2. The fourth-order valence-corrected chi connectivity index (χ4v) is 3.75. The van der Waals surface area contributed by atoms with Crippen LogP contribution in [0, 0.1) is 0 Å². The van der Waals surface area contributed by atoms with Crippen molar-refractivity contribution in [1.29, 1.82) is 0 Å². The molecule has 0 amide bonds. The first-order valence-electron chi connectivity index (χ1n) is 10.7. The zero-order chi connectivity index (χ0) is 23.7. The molecule has 3 rings (SSSR count). The molecular formula is C25H33NO6. The number of ether oxygens (including phenoxy) is 2. The molecule has 2 atom stereocenters.